The van der Waals surface area contributed by atoms with E-state index in [1.807, 2.05) is 49.4 Å². The van der Waals surface area contributed by atoms with Crippen LogP contribution in [0.15, 0.2) is 48.7 Å². The van der Waals surface area contributed by atoms with Gasteiger partial charge in [-0.05, 0) is 36.3 Å². The summed E-state index contributed by atoms with van der Waals surface area (Å²) in [5, 5.41) is 11.2. The third-order valence-corrected chi connectivity index (χ3v) is 3.96. The summed E-state index contributed by atoms with van der Waals surface area (Å²) in [6, 6.07) is 13.8. The molecule has 2 rings (SSSR count). The number of aryl methyl sites for hydroxylation is 1. The summed E-state index contributed by atoms with van der Waals surface area (Å²) in [5.41, 5.74) is 8.66. The highest BCUT2D eigenvalue weighted by molar-refractivity contribution is 7.80. The molecule has 6 nitrogen and oxygen atoms in total. The Morgan fingerprint density at radius 1 is 1.28 bits per heavy atom. The van der Waals surface area contributed by atoms with E-state index in [0.29, 0.717) is 31.4 Å². The van der Waals surface area contributed by atoms with Crippen molar-refractivity contribution in [1.82, 2.24) is 15.2 Å². The lowest BCUT2D eigenvalue weighted by atomic mass is 10.2. The normalized spacial score (nSPS) is 10.3. The molecule has 7 heteroatoms. The number of pyridine rings is 1. The average Bonchev–Trinajstić information content (AvgIpc) is 2.61. The van der Waals surface area contributed by atoms with Gasteiger partial charge in [-0.1, -0.05) is 36.4 Å². The molecule has 0 atom stereocenters. The number of thiocarbonyl (C=S) groups is 1. The zero-order chi connectivity index (χ0) is 18.1. The van der Waals surface area contributed by atoms with Gasteiger partial charge in [0.2, 0.25) is 0 Å². The Balaban J connectivity index is 1.78. The van der Waals surface area contributed by atoms with Crippen LogP contribution in [0.25, 0.3) is 0 Å². The first-order valence-electron chi connectivity index (χ1n) is 7.99. The third kappa shape index (κ3) is 6.13. The highest BCUT2D eigenvalue weighted by Crippen LogP contribution is 2.07. The predicted molar refractivity (Wildman–Crippen MR) is 103 cm³/mol. The molecule has 132 valence electrons. The van der Waals surface area contributed by atoms with E-state index >= 15 is 0 Å². The van der Waals surface area contributed by atoms with E-state index in [1.54, 1.807) is 6.20 Å². The zero-order valence-electron chi connectivity index (χ0n) is 14.2. The Labute approximate surface area is 153 Å². The molecule has 0 unspecified atom stereocenters. The van der Waals surface area contributed by atoms with Crippen LogP contribution in [0.2, 0.25) is 0 Å². The molecule has 1 heterocycles. The summed E-state index contributed by atoms with van der Waals surface area (Å²) in [4.78, 5) is 5.84. The second-order valence-electron chi connectivity index (χ2n) is 5.51. The molecular weight excluding hydrogens is 334 g/mol. The van der Waals surface area contributed by atoms with Gasteiger partial charge in [-0.2, -0.15) is 0 Å². The van der Waals surface area contributed by atoms with E-state index in [9.17, 15) is 0 Å². The second kappa shape index (κ2) is 9.71. The van der Waals surface area contributed by atoms with E-state index in [1.165, 1.54) is 4.90 Å². The van der Waals surface area contributed by atoms with Crippen LogP contribution in [0.1, 0.15) is 16.8 Å². The number of nitrogens with one attached hydrogen (secondary N) is 2. The summed E-state index contributed by atoms with van der Waals surface area (Å²) in [5.74, 6) is -0.118. The molecule has 1 aromatic carbocycles. The van der Waals surface area contributed by atoms with Crippen LogP contribution in [0.4, 0.5) is 0 Å². The summed E-state index contributed by atoms with van der Waals surface area (Å²) in [6.07, 6.45) is 1.72. The number of aromatic nitrogens is 1. The lowest BCUT2D eigenvalue weighted by molar-refractivity contribution is 0.125. The minimum Gasteiger partial charge on any atom is -0.375 e. The quantitative estimate of drug-likeness (QED) is 0.305. The molecule has 4 N–H and O–H groups in total. The van der Waals surface area contributed by atoms with Crippen molar-refractivity contribution >= 4 is 23.3 Å². The summed E-state index contributed by atoms with van der Waals surface area (Å²) in [7, 11) is 0. The molecule has 0 fully saturated rings. The van der Waals surface area contributed by atoms with Gasteiger partial charge in [0.05, 0.1) is 25.5 Å². The van der Waals surface area contributed by atoms with Crippen molar-refractivity contribution in [3.63, 3.8) is 0 Å². The summed E-state index contributed by atoms with van der Waals surface area (Å²) < 4.78 is 5.61. The molecule has 1 aromatic heterocycles. The van der Waals surface area contributed by atoms with E-state index in [2.05, 4.69) is 10.3 Å². The highest BCUT2D eigenvalue weighted by atomic mass is 32.1. The van der Waals surface area contributed by atoms with Gasteiger partial charge in [-0.3, -0.25) is 15.3 Å². The SMILES string of the molecule is Cc1cccnc1CN(C(=N)N)C(=S)NCCOCc1ccccc1. The van der Waals surface area contributed by atoms with Crippen LogP contribution in [-0.4, -0.2) is 34.1 Å². The lowest BCUT2D eigenvalue weighted by Gasteiger charge is -2.24. The van der Waals surface area contributed by atoms with E-state index in [0.717, 1.165) is 16.8 Å². The minimum absolute atomic E-state index is 0.118. The fourth-order valence-electron chi connectivity index (χ4n) is 2.19. The van der Waals surface area contributed by atoms with Crippen LogP contribution in [-0.2, 0) is 17.9 Å². The molecule has 0 aliphatic carbocycles. The number of nitrogens with two attached hydrogens (primary N) is 1. The first-order valence-corrected chi connectivity index (χ1v) is 8.40. The molecular formula is C18H23N5OS. The maximum Gasteiger partial charge on any atom is 0.195 e. The van der Waals surface area contributed by atoms with Gasteiger partial charge in [-0.15, -0.1) is 0 Å². The lowest BCUT2D eigenvalue weighted by Crippen LogP contribution is -2.47. The number of ether oxygens (including phenoxy) is 1. The molecule has 0 saturated carbocycles. The Bertz CT molecular complexity index is 708. The van der Waals surface area contributed by atoms with Crippen LogP contribution < -0.4 is 11.1 Å². The van der Waals surface area contributed by atoms with Gasteiger partial charge in [0.1, 0.15) is 0 Å². The van der Waals surface area contributed by atoms with Crippen LogP contribution >= 0.6 is 12.2 Å². The van der Waals surface area contributed by atoms with Crippen molar-refractivity contribution < 1.29 is 4.74 Å². The Hall–Kier alpha value is -2.51. The van der Waals surface area contributed by atoms with Gasteiger partial charge < -0.3 is 15.8 Å². The van der Waals surface area contributed by atoms with Crippen molar-refractivity contribution in [2.45, 2.75) is 20.1 Å². The molecule has 0 spiro atoms. The van der Waals surface area contributed by atoms with Gasteiger partial charge in [0.15, 0.2) is 11.1 Å². The Morgan fingerprint density at radius 2 is 2.04 bits per heavy atom. The van der Waals surface area contributed by atoms with Crippen LogP contribution in [0, 0.1) is 12.3 Å². The van der Waals surface area contributed by atoms with Crippen molar-refractivity contribution in [3.8, 4) is 0 Å². The number of benzene rings is 1. The van der Waals surface area contributed by atoms with E-state index in [4.69, 9.17) is 28.1 Å². The molecule has 2 aromatic rings. The molecule has 0 radical (unpaired) electrons. The summed E-state index contributed by atoms with van der Waals surface area (Å²) >= 11 is 5.35. The largest absolute Gasteiger partial charge is 0.375 e. The molecule has 0 aliphatic rings. The van der Waals surface area contributed by atoms with E-state index in [-0.39, 0.29) is 5.96 Å². The first-order chi connectivity index (χ1) is 12.1. The molecule has 0 aliphatic heterocycles. The number of hydrogen-bond acceptors (Lipinski definition) is 4. The zero-order valence-corrected chi connectivity index (χ0v) is 15.1. The van der Waals surface area contributed by atoms with Gasteiger partial charge in [0, 0.05) is 12.7 Å². The molecule has 25 heavy (non-hydrogen) atoms. The average molecular weight is 357 g/mol. The molecule has 0 saturated heterocycles. The molecule has 0 bridgehead atoms. The topological polar surface area (TPSA) is 87.3 Å². The Morgan fingerprint density at radius 3 is 2.72 bits per heavy atom. The monoisotopic (exact) mass is 357 g/mol. The minimum atomic E-state index is -0.118. The summed E-state index contributed by atoms with van der Waals surface area (Å²) in [6.45, 7) is 3.92. The van der Waals surface area contributed by atoms with Crippen molar-refractivity contribution in [1.29, 1.82) is 5.41 Å². The standard InChI is InChI=1S/C18H23N5OS/c1-14-6-5-9-21-16(14)12-23(17(19)20)18(25)22-10-11-24-13-15-7-3-2-4-8-15/h2-9H,10-13H2,1H3,(H3,19,20)(H,22,25). The van der Waals surface area contributed by atoms with Gasteiger partial charge in [-0.25, -0.2) is 0 Å². The van der Waals surface area contributed by atoms with Crippen LogP contribution in [0.3, 0.4) is 0 Å². The maximum atomic E-state index is 7.75. The van der Waals surface area contributed by atoms with Crippen molar-refractivity contribution in [3.05, 3.63) is 65.5 Å². The van der Waals surface area contributed by atoms with Gasteiger partial charge >= 0.3 is 0 Å². The van der Waals surface area contributed by atoms with Crippen molar-refractivity contribution in [2.75, 3.05) is 13.2 Å². The molecule has 0 amide bonds. The fourth-order valence-corrected chi connectivity index (χ4v) is 2.45. The number of guanidine groups is 1. The fraction of sp³-hybridized carbons (Fsp3) is 0.278. The van der Waals surface area contributed by atoms with Crippen LogP contribution in [0.5, 0.6) is 0 Å². The number of nitrogens with zero attached hydrogens (tertiary/aromatic N) is 2. The Kier molecular flexibility index (Phi) is 7.31. The van der Waals surface area contributed by atoms with Crippen molar-refractivity contribution in [2.24, 2.45) is 5.73 Å². The first kappa shape index (κ1) is 18.8. The predicted octanol–water partition coefficient (Wildman–Crippen LogP) is 2.18. The number of rotatable bonds is 7. The highest BCUT2D eigenvalue weighted by Gasteiger charge is 2.14. The number of hydrogen-bond donors (Lipinski definition) is 3. The second-order valence-corrected chi connectivity index (χ2v) is 5.90. The van der Waals surface area contributed by atoms with Gasteiger partial charge in [0.25, 0.3) is 0 Å². The van der Waals surface area contributed by atoms with E-state index < -0.39 is 0 Å². The maximum absolute atomic E-state index is 7.75. The smallest absolute Gasteiger partial charge is 0.195 e. The third-order valence-electron chi connectivity index (χ3n) is 3.60.